The van der Waals surface area contributed by atoms with Crippen molar-refractivity contribution in [2.75, 3.05) is 19.3 Å². The van der Waals surface area contributed by atoms with Crippen molar-refractivity contribution < 1.29 is 0 Å². The molecular formula is C17H32N6S. The van der Waals surface area contributed by atoms with Gasteiger partial charge in [0.1, 0.15) is 5.82 Å². The fraction of sp³-hybridized carbons (Fsp3) is 0.824. The molecule has 1 aromatic heterocycles. The molecule has 1 unspecified atom stereocenters. The fourth-order valence-electron chi connectivity index (χ4n) is 2.54. The number of rotatable bonds is 6. The summed E-state index contributed by atoms with van der Waals surface area (Å²) >= 11 is 1.84. The van der Waals surface area contributed by atoms with Crippen molar-refractivity contribution in [2.24, 2.45) is 4.99 Å². The molecule has 0 spiro atoms. The minimum Gasteiger partial charge on any atom is -0.357 e. The summed E-state index contributed by atoms with van der Waals surface area (Å²) in [6.07, 6.45) is 4.16. The number of nitrogens with zero attached hydrogens (tertiary/aromatic N) is 4. The molecule has 7 heteroatoms. The quantitative estimate of drug-likeness (QED) is 0.608. The minimum atomic E-state index is 0.153. The van der Waals surface area contributed by atoms with Crippen LogP contribution in [0.15, 0.2) is 4.99 Å². The van der Waals surface area contributed by atoms with Crippen LogP contribution in [0, 0.1) is 0 Å². The first-order valence-corrected chi connectivity index (χ1v) is 10.1. The highest BCUT2D eigenvalue weighted by Crippen LogP contribution is 2.21. The van der Waals surface area contributed by atoms with E-state index in [1.54, 1.807) is 0 Å². The van der Waals surface area contributed by atoms with Gasteiger partial charge in [0.2, 0.25) is 0 Å². The molecule has 136 valence electrons. The van der Waals surface area contributed by atoms with E-state index in [0.717, 1.165) is 50.1 Å². The highest BCUT2D eigenvalue weighted by molar-refractivity contribution is 7.99. The molecule has 0 saturated heterocycles. The number of aromatic nitrogens is 3. The van der Waals surface area contributed by atoms with Crippen LogP contribution in [-0.2, 0) is 13.0 Å². The van der Waals surface area contributed by atoms with Crippen LogP contribution >= 0.6 is 11.8 Å². The van der Waals surface area contributed by atoms with Crippen LogP contribution in [0.5, 0.6) is 0 Å². The Labute approximate surface area is 150 Å². The van der Waals surface area contributed by atoms with Crippen molar-refractivity contribution in [2.45, 2.75) is 70.7 Å². The van der Waals surface area contributed by atoms with Crippen molar-refractivity contribution in [3.8, 4) is 0 Å². The third kappa shape index (κ3) is 5.13. The van der Waals surface area contributed by atoms with Gasteiger partial charge in [-0.3, -0.25) is 4.99 Å². The van der Waals surface area contributed by atoms with Gasteiger partial charge >= 0.3 is 0 Å². The Morgan fingerprint density at radius 3 is 2.83 bits per heavy atom. The first kappa shape index (κ1) is 19.1. The maximum Gasteiger partial charge on any atom is 0.191 e. The number of nitrogens with one attached hydrogen (secondary N) is 2. The molecule has 0 aliphatic carbocycles. The molecule has 0 aromatic carbocycles. The van der Waals surface area contributed by atoms with E-state index in [1.807, 2.05) is 11.8 Å². The van der Waals surface area contributed by atoms with Crippen molar-refractivity contribution in [3.05, 3.63) is 11.6 Å². The summed E-state index contributed by atoms with van der Waals surface area (Å²) < 4.78 is 2.21. The Hall–Kier alpha value is -1.24. The van der Waals surface area contributed by atoms with Gasteiger partial charge in [0.15, 0.2) is 11.8 Å². The van der Waals surface area contributed by atoms with Crippen LogP contribution < -0.4 is 10.6 Å². The molecule has 24 heavy (non-hydrogen) atoms. The van der Waals surface area contributed by atoms with Gasteiger partial charge in [-0.1, -0.05) is 13.8 Å². The highest BCUT2D eigenvalue weighted by atomic mass is 32.2. The molecule has 2 rings (SSSR count). The lowest BCUT2D eigenvalue weighted by Crippen LogP contribution is -2.47. The average molecular weight is 353 g/mol. The standard InChI is InChI=1S/C17H32N6S/c1-7-18-16(19-11-17(4,5)24-6)20-13-8-9-14-21-15(12(2)3)22-23(14)10-13/h12-13H,7-11H2,1-6H3,(H2,18,19,20). The van der Waals surface area contributed by atoms with E-state index in [9.17, 15) is 0 Å². The molecule has 2 N–H and O–H groups in total. The maximum absolute atomic E-state index is 4.77. The van der Waals surface area contributed by atoms with E-state index in [1.165, 1.54) is 0 Å². The number of fused-ring (bicyclic) bond motifs is 1. The number of hydrogen-bond acceptors (Lipinski definition) is 4. The summed E-state index contributed by atoms with van der Waals surface area (Å²) in [6.45, 7) is 13.3. The molecule has 6 nitrogen and oxygen atoms in total. The summed E-state index contributed by atoms with van der Waals surface area (Å²) in [5.74, 6) is 3.34. The summed E-state index contributed by atoms with van der Waals surface area (Å²) in [4.78, 5) is 9.42. The lowest BCUT2D eigenvalue weighted by atomic mass is 10.1. The topological polar surface area (TPSA) is 67.1 Å². The van der Waals surface area contributed by atoms with Crippen LogP contribution in [-0.4, -0.2) is 50.9 Å². The SMILES string of the molecule is CCNC(=NCC(C)(C)SC)NC1CCc2nc(C(C)C)nn2C1. The van der Waals surface area contributed by atoms with Crippen LogP contribution in [0.3, 0.4) is 0 Å². The number of hydrogen-bond donors (Lipinski definition) is 2. The van der Waals surface area contributed by atoms with Gasteiger partial charge in [-0.05, 0) is 33.4 Å². The fourth-order valence-corrected chi connectivity index (χ4v) is 2.73. The van der Waals surface area contributed by atoms with Gasteiger partial charge in [0.05, 0.1) is 13.1 Å². The lowest BCUT2D eigenvalue weighted by molar-refractivity contribution is 0.391. The summed E-state index contributed by atoms with van der Waals surface area (Å²) in [5.41, 5.74) is 0. The predicted octanol–water partition coefficient (Wildman–Crippen LogP) is 2.41. The molecule has 1 aliphatic rings. The van der Waals surface area contributed by atoms with E-state index < -0.39 is 0 Å². The lowest BCUT2D eigenvalue weighted by Gasteiger charge is -2.26. The highest BCUT2D eigenvalue weighted by Gasteiger charge is 2.23. The molecule has 0 saturated carbocycles. The van der Waals surface area contributed by atoms with Gasteiger partial charge in [-0.15, -0.1) is 0 Å². The monoisotopic (exact) mass is 352 g/mol. The van der Waals surface area contributed by atoms with Gasteiger partial charge in [-0.2, -0.15) is 16.9 Å². The molecular weight excluding hydrogens is 320 g/mol. The third-order valence-corrected chi connectivity index (χ3v) is 5.48. The third-order valence-electron chi connectivity index (χ3n) is 4.25. The Morgan fingerprint density at radius 2 is 2.21 bits per heavy atom. The van der Waals surface area contributed by atoms with Crippen molar-refractivity contribution in [1.29, 1.82) is 0 Å². The molecule has 2 heterocycles. The van der Waals surface area contributed by atoms with Crippen molar-refractivity contribution in [1.82, 2.24) is 25.4 Å². The Bertz CT molecular complexity index is 563. The normalized spacial score (nSPS) is 18.6. The first-order chi connectivity index (χ1) is 11.3. The molecule has 0 bridgehead atoms. The van der Waals surface area contributed by atoms with Crippen molar-refractivity contribution in [3.63, 3.8) is 0 Å². The Balaban J connectivity index is 2.01. The van der Waals surface area contributed by atoms with Gasteiger partial charge in [0, 0.05) is 29.7 Å². The summed E-state index contributed by atoms with van der Waals surface area (Å²) in [6, 6.07) is 0.342. The van der Waals surface area contributed by atoms with E-state index >= 15 is 0 Å². The van der Waals surface area contributed by atoms with Crippen LogP contribution in [0.2, 0.25) is 0 Å². The van der Waals surface area contributed by atoms with Crippen molar-refractivity contribution >= 4 is 17.7 Å². The molecule has 1 aromatic rings. The molecule has 0 fully saturated rings. The van der Waals surface area contributed by atoms with Crippen LogP contribution in [0.4, 0.5) is 0 Å². The Kier molecular flexibility index (Phi) is 6.54. The molecule has 0 radical (unpaired) electrons. The number of aliphatic imine (C=N–C) groups is 1. The van der Waals surface area contributed by atoms with Gasteiger partial charge in [-0.25, -0.2) is 9.67 Å². The summed E-state index contributed by atoms with van der Waals surface area (Å²) in [7, 11) is 0. The van der Waals surface area contributed by atoms with E-state index in [-0.39, 0.29) is 4.75 Å². The molecule has 1 atom stereocenters. The van der Waals surface area contributed by atoms with Crippen LogP contribution in [0.25, 0.3) is 0 Å². The average Bonchev–Trinajstić information content (AvgIpc) is 2.96. The molecule has 1 aliphatic heterocycles. The number of aryl methyl sites for hydroxylation is 1. The zero-order chi connectivity index (χ0) is 17.7. The second kappa shape index (κ2) is 8.23. The molecule has 0 amide bonds. The second-order valence-corrected chi connectivity index (χ2v) is 8.78. The van der Waals surface area contributed by atoms with E-state index in [0.29, 0.717) is 12.0 Å². The summed E-state index contributed by atoms with van der Waals surface area (Å²) in [5, 5.41) is 11.6. The van der Waals surface area contributed by atoms with Crippen LogP contribution in [0.1, 0.15) is 58.6 Å². The minimum absolute atomic E-state index is 0.153. The number of thioether (sulfide) groups is 1. The van der Waals surface area contributed by atoms with E-state index in [4.69, 9.17) is 4.99 Å². The second-order valence-electron chi connectivity index (χ2n) is 7.26. The predicted molar refractivity (Wildman–Crippen MR) is 103 cm³/mol. The van der Waals surface area contributed by atoms with E-state index in [2.05, 4.69) is 66.3 Å². The van der Waals surface area contributed by atoms with Gasteiger partial charge in [0.25, 0.3) is 0 Å². The zero-order valence-corrected chi connectivity index (χ0v) is 16.7. The number of guanidine groups is 1. The van der Waals surface area contributed by atoms with Gasteiger partial charge < -0.3 is 10.6 Å². The smallest absolute Gasteiger partial charge is 0.191 e. The largest absolute Gasteiger partial charge is 0.357 e. The Morgan fingerprint density at radius 1 is 1.46 bits per heavy atom. The maximum atomic E-state index is 4.77. The first-order valence-electron chi connectivity index (χ1n) is 8.88. The zero-order valence-electron chi connectivity index (χ0n) is 15.9.